The molecule has 3 aromatic carbocycles. The van der Waals surface area contributed by atoms with E-state index in [1.165, 1.54) is 48.1 Å². The van der Waals surface area contributed by atoms with Gasteiger partial charge in [0, 0.05) is 10.5 Å². The number of aliphatic hydroxyl groups is 1. The predicted molar refractivity (Wildman–Crippen MR) is 212 cm³/mol. The predicted octanol–water partition coefficient (Wildman–Crippen LogP) is 2.89. The summed E-state index contributed by atoms with van der Waals surface area (Å²) < 4.78 is 102. The second-order valence-electron chi connectivity index (χ2n) is 13.4. The van der Waals surface area contributed by atoms with E-state index in [4.69, 9.17) is 23.2 Å². The summed E-state index contributed by atoms with van der Waals surface area (Å²) in [4.78, 5) is 19.6. The van der Waals surface area contributed by atoms with Crippen LogP contribution in [-0.2, 0) is 30.4 Å². The van der Waals surface area contributed by atoms with Gasteiger partial charge in [-0.2, -0.15) is 30.2 Å². The number of azo groups is 1. The first-order chi connectivity index (χ1) is 27.5. The minimum absolute atomic E-state index is 0.0275. The number of aromatic nitrogens is 5. The fourth-order valence-electron chi connectivity index (χ4n) is 5.98. The number of H-pyrrole nitrogens is 1. The van der Waals surface area contributed by atoms with Gasteiger partial charge in [0.15, 0.2) is 5.69 Å². The number of aryl methyl sites for hydroxylation is 1. The highest BCUT2D eigenvalue weighted by Gasteiger charge is 2.31. The molecule has 27 heteroatoms. The second-order valence-corrected chi connectivity index (χ2v) is 18.4. The summed E-state index contributed by atoms with van der Waals surface area (Å²) in [5.41, 5.74) is 1.90. The summed E-state index contributed by atoms with van der Waals surface area (Å²) >= 11 is 12.3. The molecular formula is C32H35Cl2N11O11S3+2. The lowest BCUT2D eigenvalue weighted by Crippen LogP contribution is -2.59. The van der Waals surface area contributed by atoms with E-state index in [0.717, 1.165) is 22.9 Å². The highest BCUT2D eigenvalue weighted by molar-refractivity contribution is 7.86. The van der Waals surface area contributed by atoms with Crippen molar-refractivity contribution < 1.29 is 53.3 Å². The Bertz CT molecular complexity index is 2870. The van der Waals surface area contributed by atoms with Gasteiger partial charge in [0.1, 0.15) is 27.7 Å². The number of hydrogen-bond acceptors (Lipinski definition) is 15. The Hall–Kier alpha value is -5.09. The molecule has 1 fully saturated rings. The molecule has 0 radical (unpaired) electrons. The highest BCUT2D eigenvalue weighted by atomic mass is 35.5. The van der Waals surface area contributed by atoms with Crippen LogP contribution in [0.4, 0.5) is 34.5 Å². The van der Waals surface area contributed by atoms with Gasteiger partial charge in [-0.05, 0) is 61.5 Å². The molecule has 314 valence electrons. The monoisotopic (exact) mass is 915 g/mol. The van der Waals surface area contributed by atoms with Crippen LogP contribution in [0.5, 0.6) is 0 Å². The van der Waals surface area contributed by atoms with E-state index in [9.17, 15) is 48.8 Å². The SMILES string of the molecule is Cc1[nH]n(-c2cc(Cl)c(S(=O)(=O)O)cc2Cl)c(=O)c1N=Nc1cc(N[n+]2cc(N3CC[N+](C)(CCO)CC3)nc(Nc3ccc(S(=O)(=O)O)cc3)n2)ccc1S(=O)(=O)O. The highest BCUT2D eigenvalue weighted by Crippen LogP contribution is 2.32. The van der Waals surface area contributed by atoms with Crippen LogP contribution >= 0.6 is 23.2 Å². The van der Waals surface area contributed by atoms with Crippen molar-refractivity contribution in [3.05, 3.63) is 86.9 Å². The number of hydrogen-bond donors (Lipinski definition) is 7. The summed E-state index contributed by atoms with van der Waals surface area (Å²) in [6.07, 6.45) is 1.55. The molecule has 7 N–H and O–H groups in total. The van der Waals surface area contributed by atoms with Crippen molar-refractivity contribution in [3.63, 3.8) is 0 Å². The van der Waals surface area contributed by atoms with E-state index in [0.29, 0.717) is 48.7 Å². The fraction of sp³-hybridized carbons (Fsp3) is 0.250. The molecule has 0 saturated carbocycles. The van der Waals surface area contributed by atoms with Gasteiger partial charge in [0.25, 0.3) is 48.1 Å². The van der Waals surface area contributed by atoms with Gasteiger partial charge in [-0.15, -0.1) is 15.7 Å². The number of aliphatic hydroxyl groups excluding tert-OH is 1. The first-order valence-electron chi connectivity index (χ1n) is 17.0. The van der Waals surface area contributed by atoms with Gasteiger partial charge in [-0.3, -0.25) is 23.6 Å². The van der Waals surface area contributed by atoms with Gasteiger partial charge >= 0.3 is 0 Å². The molecule has 1 aliphatic heterocycles. The maximum absolute atomic E-state index is 13.5. The van der Waals surface area contributed by atoms with Gasteiger partial charge in [-0.25, -0.2) is 4.68 Å². The molecule has 22 nitrogen and oxygen atoms in total. The Balaban J connectivity index is 1.35. The van der Waals surface area contributed by atoms with Crippen LogP contribution in [-0.4, -0.2) is 115 Å². The van der Waals surface area contributed by atoms with E-state index >= 15 is 0 Å². The lowest BCUT2D eigenvalue weighted by Gasteiger charge is -2.41. The Morgan fingerprint density at radius 3 is 2.14 bits per heavy atom. The number of rotatable bonds is 13. The molecule has 0 bridgehead atoms. The number of likely N-dealkylation sites (N-methyl/N-ethyl adjacent to an activating group) is 1. The summed E-state index contributed by atoms with van der Waals surface area (Å²) in [7, 11) is -12.0. The first-order valence-corrected chi connectivity index (χ1v) is 22.1. The number of halogens is 2. The molecule has 1 saturated heterocycles. The molecule has 0 amide bonds. The third-order valence-electron chi connectivity index (χ3n) is 9.15. The van der Waals surface area contributed by atoms with Crippen LogP contribution in [0.3, 0.4) is 0 Å². The zero-order valence-electron chi connectivity index (χ0n) is 30.7. The number of aromatic amines is 1. The zero-order valence-corrected chi connectivity index (χ0v) is 34.7. The number of nitrogens with zero attached hydrogens (tertiary/aromatic N) is 8. The van der Waals surface area contributed by atoms with Crippen LogP contribution in [0.1, 0.15) is 5.69 Å². The lowest BCUT2D eigenvalue weighted by molar-refractivity contribution is -0.910. The Morgan fingerprint density at radius 1 is 0.881 bits per heavy atom. The number of benzene rings is 3. The standard InChI is InChI=1S/C32H33Cl2N11O11S3/c1-19-30(31(47)44(39-19)26-16-24(34)28(17-23(26)33)59(54,55)56)38-37-25-15-21(5-8-27(25)58(51,52)53)40-43-18-29(42-9-11-45(2,12-10-42)13-14-46)36-32(41-43)35-20-3-6-22(7-4-20)57(48,49)50/h3-8,15-18,46H,9-14H2,1-2H3,(H4-2,35,36,37,39,40,41,47,48,49,50,51,52,53,54,55,56)/p+2. The van der Waals surface area contributed by atoms with Crippen molar-refractivity contribution in [2.45, 2.75) is 21.6 Å². The van der Waals surface area contributed by atoms with E-state index < -0.39 is 56.4 Å². The minimum Gasteiger partial charge on any atom is -0.391 e. The number of piperazine rings is 1. The molecule has 0 unspecified atom stereocenters. The van der Waals surface area contributed by atoms with Gasteiger partial charge in [0.2, 0.25) is 5.82 Å². The quantitative estimate of drug-likeness (QED) is 0.0387. The van der Waals surface area contributed by atoms with Crippen molar-refractivity contribution >= 4 is 88.1 Å². The molecule has 6 rings (SSSR count). The van der Waals surface area contributed by atoms with Crippen LogP contribution in [0.15, 0.2) is 90.5 Å². The second kappa shape index (κ2) is 16.5. The molecule has 1 aliphatic rings. The molecule has 5 aromatic rings. The third kappa shape index (κ3) is 10.0. The summed E-state index contributed by atoms with van der Waals surface area (Å²) in [5.74, 6) is 0.484. The molecular weight excluding hydrogens is 882 g/mol. The van der Waals surface area contributed by atoms with Crippen molar-refractivity contribution in [2.75, 3.05) is 62.0 Å². The van der Waals surface area contributed by atoms with E-state index in [1.54, 1.807) is 6.20 Å². The van der Waals surface area contributed by atoms with Gasteiger partial charge in [0.05, 0.1) is 71.3 Å². The van der Waals surface area contributed by atoms with Crippen molar-refractivity contribution in [1.82, 2.24) is 19.9 Å². The van der Waals surface area contributed by atoms with Crippen LogP contribution < -0.4 is 26.0 Å². The Morgan fingerprint density at radius 2 is 1.53 bits per heavy atom. The van der Waals surface area contributed by atoms with E-state index in [1.807, 2.05) is 11.9 Å². The molecule has 0 atom stereocenters. The lowest BCUT2D eigenvalue weighted by atomic mass is 10.2. The minimum atomic E-state index is -4.89. The van der Waals surface area contributed by atoms with Crippen molar-refractivity contribution in [3.8, 4) is 5.69 Å². The van der Waals surface area contributed by atoms with Crippen molar-refractivity contribution in [1.29, 1.82) is 0 Å². The maximum Gasteiger partial charge on any atom is 0.299 e. The average Bonchev–Trinajstić information content (AvgIpc) is 3.42. The molecule has 0 aliphatic carbocycles. The summed E-state index contributed by atoms with van der Waals surface area (Å²) in [5, 5.41) is 26.9. The third-order valence-corrected chi connectivity index (χ3v) is 12.5. The van der Waals surface area contributed by atoms with Crippen LogP contribution in [0.25, 0.3) is 5.69 Å². The molecule has 3 heterocycles. The average molecular weight is 917 g/mol. The smallest absolute Gasteiger partial charge is 0.299 e. The first kappa shape index (κ1) is 43.5. The number of nitrogens with one attached hydrogen (secondary N) is 3. The zero-order chi connectivity index (χ0) is 43.1. The number of anilines is 4. The Kier molecular flexibility index (Phi) is 12.2. The molecule has 2 aromatic heterocycles. The van der Waals surface area contributed by atoms with Crippen molar-refractivity contribution in [2.24, 2.45) is 10.2 Å². The largest absolute Gasteiger partial charge is 0.391 e. The van der Waals surface area contributed by atoms with Gasteiger partial charge in [-0.1, -0.05) is 23.2 Å². The molecule has 59 heavy (non-hydrogen) atoms. The maximum atomic E-state index is 13.5. The number of quaternary nitrogens is 1. The topological polar surface area (TPSA) is 303 Å². The summed E-state index contributed by atoms with van der Waals surface area (Å²) in [6.45, 7) is 4.52. The van der Waals surface area contributed by atoms with E-state index in [2.05, 4.69) is 36.2 Å². The van der Waals surface area contributed by atoms with Crippen LogP contribution in [0, 0.1) is 6.92 Å². The van der Waals surface area contributed by atoms with E-state index in [-0.39, 0.29) is 45.2 Å². The molecule has 0 spiro atoms. The summed E-state index contributed by atoms with van der Waals surface area (Å²) in [6, 6.07) is 10.6. The fourth-order valence-corrected chi connectivity index (χ4v) is 8.40. The van der Waals surface area contributed by atoms with Crippen LogP contribution in [0.2, 0.25) is 10.0 Å². The van der Waals surface area contributed by atoms with Gasteiger partial charge < -0.3 is 19.8 Å². The normalized spacial score (nSPS) is 14.8. The Labute approximate surface area is 346 Å².